The summed E-state index contributed by atoms with van der Waals surface area (Å²) in [7, 11) is 1.55. The number of aldehydes is 1. The molecule has 14 heavy (non-hydrogen) atoms. The van der Waals surface area contributed by atoms with Crippen molar-refractivity contribution < 1.29 is 14.3 Å². The molecule has 0 bridgehead atoms. The zero-order chi connectivity index (χ0) is 10.6. The highest BCUT2D eigenvalue weighted by atomic mass is 16.5. The van der Waals surface area contributed by atoms with E-state index in [-0.39, 0.29) is 0 Å². The minimum atomic E-state index is 0.481. The van der Waals surface area contributed by atoms with Crippen LogP contribution >= 0.6 is 0 Å². The Kier molecular flexibility index (Phi) is 3.51. The summed E-state index contributed by atoms with van der Waals surface area (Å²) >= 11 is 0. The number of aryl methyl sites for hydroxylation is 1. The maximum atomic E-state index is 10.9. The molecule has 3 nitrogen and oxygen atoms in total. The summed E-state index contributed by atoms with van der Waals surface area (Å²) in [5.74, 6) is 1.16. The molecule has 1 rings (SSSR count). The highest BCUT2D eigenvalue weighted by Crippen LogP contribution is 2.30. The summed E-state index contributed by atoms with van der Waals surface area (Å²) in [4.78, 5) is 10.9. The second kappa shape index (κ2) is 4.65. The van der Waals surface area contributed by atoms with Crippen LogP contribution in [0.1, 0.15) is 22.8 Å². The normalized spacial score (nSPS) is 9.64. The standard InChI is InChI=1S/C11H14O3/c1-4-14-10-6-5-8(2)11(13-3)9(10)7-12/h5-7H,4H2,1-3H3. The van der Waals surface area contributed by atoms with Gasteiger partial charge in [0.25, 0.3) is 0 Å². The molecular formula is C11H14O3. The maximum absolute atomic E-state index is 10.9. The molecule has 0 N–H and O–H groups in total. The number of methoxy groups -OCH3 is 1. The zero-order valence-electron chi connectivity index (χ0n) is 8.66. The third-order valence-corrected chi connectivity index (χ3v) is 1.97. The number of hydrogen-bond acceptors (Lipinski definition) is 3. The van der Waals surface area contributed by atoms with Crippen LogP contribution in [0.5, 0.6) is 11.5 Å². The summed E-state index contributed by atoms with van der Waals surface area (Å²) in [6, 6.07) is 3.65. The fourth-order valence-electron chi connectivity index (χ4n) is 1.35. The molecule has 0 atom stereocenters. The number of hydrogen-bond donors (Lipinski definition) is 0. The lowest BCUT2D eigenvalue weighted by Crippen LogP contribution is -2.00. The molecule has 0 aromatic heterocycles. The van der Waals surface area contributed by atoms with Crippen LogP contribution < -0.4 is 9.47 Å². The summed E-state index contributed by atoms with van der Waals surface area (Å²) in [5, 5.41) is 0. The van der Waals surface area contributed by atoms with Crippen molar-refractivity contribution in [1.82, 2.24) is 0 Å². The van der Waals surface area contributed by atoms with Crippen LogP contribution in [-0.2, 0) is 0 Å². The Morgan fingerprint density at radius 1 is 1.43 bits per heavy atom. The van der Waals surface area contributed by atoms with Crippen LogP contribution in [-0.4, -0.2) is 20.0 Å². The van der Waals surface area contributed by atoms with E-state index in [9.17, 15) is 4.79 Å². The monoisotopic (exact) mass is 194 g/mol. The Labute approximate surface area is 83.6 Å². The van der Waals surface area contributed by atoms with Crippen molar-refractivity contribution in [2.75, 3.05) is 13.7 Å². The third-order valence-electron chi connectivity index (χ3n) is 1.97. The fourth-order valence-corrected chi connectivity index (χ4v) is 1.35. The van der Waals surface area contributed by atoms with Gasteiger partial charge in [0.05, 0.1) is 19.3 Å². The van der Waals surface area contributed by atoms with Gasteiger partial charge in [-0.25, -0.2) is 0 Å². The van der Waals surface area contributed by atoms with Gasteiger partial charge in [-0.3, -0.25) is 4.79 Å². The molecular weight excluding hydrogens is 180 g/mol. The van der Waals surface area contributed by atoms with Crippen LogP contribution in [0.25, 0.3) is 0 Å². The van der Waals surface area contributed by atoms with Crippen molar-refractivity contribution in [3.8, 4) is 11.5 Å². The van der Waals surface area contributed by atoms with E-state index in [0.717, 1.165) is 11.8 Å². The van der Waals surface area contributed by atoms with Crippen molar-refractivity contribution in [2.24, 2.45) is 0 Å². The molecule has 1 aromatic rings. The summed E-state index contributed by atoms with van der Waals surface area (Å²) in [6.45, 7) is 4.30. The molecule has 76 valence electrons. The van der Waals surface area contributed by atoms with Gasteiger partial charge in [-0.2, -0.15) is 0 Å². The molecule has 0 saturated heterocycles. The summed E-state index contributed by atoms with van der Waals surface area (Å²) < 4.78 is 10.5. The first-order valence-corrected chi connectivity index (χ1v) is 4.50. The van der Waals surface area contributed by atoms with E-state index in [2.05, 4.69) is 0 Å². The van der Waals surface area contributed by atoms with Gasteiger partial charge in [0, 0.05) is 0 Å². The van der Waals surface area contributed by atoms with E-state index < -0.39 is 0 Å². The first-order valence-electron chi connectivity index (χ1n) is 4.50. The molecule has 1 aromatic carbocycles. The van der Waals surface area contributed by atoms with Crippen molar-refractivity contribution in [2.45, 2.75) is 13.8 Å². The average molecular weight is 194 g/mol. The molecule has 0 saturated carbocycles. The highest BCUT2D eigenvalue weighted by molar-refractivity contribution is 5.84. The lowest BCUT2D eigenvalue weighted by Gasteiger charge is -2.11. The minimum absolute atomic E-state index is 0.481. The number of rotatable bonds is 4. The largest absolute Gasteiger partial charge is 0.496 e. The van der Waals surface area contributed by atoms with Gasteiger partial charge in [0.2, 0.25) is 0 Å². The van der Waals surface area contributed by atoms with Crippen LogP contribution in [0.4, 0.5) is 0 Å². The molecule has 0 amide bonds. The number of ether oxygens (including phenoxy) is 2. The van der Waals surface area contributed by atoms with Gasteiger partial charge in [0.1, 0.15) is 11.5 Å². The molecule has 0 aliphatic rings. The number of carbonyl (C=O) groups excluding carboxylic acids is 1. The van der Waals surface area contributed by atoms with Crippen molar-refractivity contribution in [3.63, 3.8) is 0 Å². The topological polar surface area (TPSA) is 35.5 Å². The maximum Gasteiger partial charge on any atom is 0.157 e. The molecule has 0 radical (unpaired) electrons. The first-order chi connectivity index (χ1) is 6.74. The van der Waals surface area contributed by atoms with Gasteiger partial charge < -0.3 is 9.47 Å². The Morgan fingerprint density at radius 3 is 2.64 bits per heavy atom. The quantitative estimate of drug-likeness (QED) is 0.689. The smallest absolute Gasteiger partial charge is 0.157 e. The second-order valence-corrected chi connectivity index (χ2v) is 2.88. The molecule has 0 spiro atoms. The second-order valence-electron chi connectivity index (χ2n) is 2.88. The predicted molar refractivity (Wildman–Crippen MR) is 54.3 cm³/mol. The molecule has 0 fully saturated rings. The Morgan fingerprint density at radius 2 is 2.14 bits per heavy atom. The van der Waals surface area contributed by atoms with Crippen molar-refractivity contribution in [1.29, 1.82) is 0 Å². The van der Waals surface area contributed by atoms with E-state index in [1.807, 2.05) is 19.9 Å². The lowest BCUT2D eigenvalue weighted by molar-refractivity contribution is 0.111. The summed E-state index contributed by atoms with van der Waals surface area (Å²) in [6.07, 6.45) is 0.761. The molecule has 0 aliphatic heterocycles. The minimum Gasteiger partial charge on any atom is -0.496 e. The van der Waals surface area contributed by atoms with Gasteiger partial charge in [-0.15, -0.1) is 0 Å². The number of carbonyl (C=O) groups is 1. The van der Waals surface area contributed by atoms with Crippen molar-refractivity contribution in [3.05, 3.63) is 23.3 Å². The van der Waals surface area contributed by atoms with Crippen LogP contribution in [0.3, 0.4) is 0 Å². The van der Waals surface area contributed by atoms with Gasteiger partial charge >= 0.3 is 0 Å². The zero-order valence-corrected chi connectivity index (χ0v) is 8.66. The molecule has 3 heteroatoms. The Bertz CT molecular complexity index is 332. The van der Waals surface area contributed by atoms with Crippen molar-refractivity contribution >= 4 is 6.29 Å². The van der Waals surface area contributed by atoms with Crippen LogP contribution in [0.2, 0.25) is 0 Å². The van der Waals surface area contributed by atoms with Gasteiger partial charge in [-0.05, 0) is 25.5 Å². The predicted octanol–water partition coefficient (Wildman–Crippen LogP) is 2.21. The van der Waals surface area contributed by atoms with Gasteiger partial charge in [0.15, 0.2) is 6.29 Å². The van der Waals surface area contributed by atoms with E-state index in [1.165, 1.54) is 0 Å². The Balaban J connectivity index is 3.25. The third kappa shape index (κ3) is 1.87. The van der Waals surface area contributed by atoms with Gasteiger partial charge in [-0.1, -0.05) is 6.07 Å². The number of benzene rings is 1. The Hall–Kier alpha value is -1.51. The molecule has 0 heterocycles. The average Bonchev–Trinajstić information content (AvgIpc) is 2.20. The van der Waals surface area contributed by atoms with E-state index in [4.69, 9.17) is 9.47 Å². The molecule has 0 aliphatic carbocycles. The fraction of sp³-hybridized carbons (Fsp3) is 0.364. The van der Waals surface area contributed by atoms with Crippen LogP contribution in [0.15, 0.2) is 12.1 Å². The highest BCUT2D eigenvalue weighted by Gasteiger charge is 2.11. The summed E-state index contributed by atoms with van der Waals surface area (Å²) in [5.41, 5.74) is 1.41. The van der Waals surface area contributed by atoms with E-state index in [0.29, 0.717) is 23.7 Å². The van der Waals surface area contributed by atoms with E-state index in [1.54, 1.807) is 13.2 Å². The molecule has 0 unspecified atom stereocenters. The SMILES string of the molecule is CCOc1ccc(C)c(OC)c1C=O. The van der Waals surface area contributed by atoms with Crippen LogP contribution in [0, 0.1) is 6.92 Å². The lowest BCUT2D eigenvalue weighted by atomic mass is 10.1. The van der Waals surface area contributed by atoms with E-state index >= 15 is 0 Å². The first kappa shape index (κ1) is 10.6.